The molecule has 2 N–H and O–H groups in total. The molecule has 0 aliphatic carbocycles. The number of nitrogens with two attached hydrogens (primary N) is 1. The molecule has 2 aromatic rings. The number of nitrogens with zero attached hydrogens (tertiary/aromatic N) is 2. The van der Waals surface area contributed by atoms with Crippen molar-refractivity contribution in [2.24, 2.45) is 0 Å². The van der Waals surface area contributed by atoms with Crippen LogP contribution >= 0.6 is 0 Å². The van der Waals surface area contributed by atoms with Crippen molar-refractivity contribution in [3.63, 3.8) is 0 Å². The van der Waals surface area contributed by atoms with E-state index in [1.165, 1.54) is 12.1 Å². The SMILES string of the molecule is CCn1c(C(C)C)nc(-c2cccc(F)c2F)c1N. The highest BCUT2D eigenvalue weighted by Crippen LogP contribution is 2.31. The zero-order valence-electron chi connectivity index (χ0n) is 11.2. The van der Waals surface area contributed by atoms with Crippen LogP contribution in [0, 0.1) is 11.6 Å². The van der Waals surface area contributed by atoms with Crippen molar-refractivity contribution in [2.75, 3.05) is 5.73 Å². The highest BCUT2D eigenvalue weighted by Gasteiger charge is 2.20. The number of nitrogen functional groups attached to an aromatic ring is 1. The zero-order chi connectivity index (χ0) is 14.2. The van der Waals surface area contributed by atoms with Gasteiger partial charge in [-0.15, -0.1) is 0 Å². The maximum Gasteiger partial charge on any atom is 0.168 e. The summed E-state index contributed by atoms with van der Waals surface area (Å²) < 4.78 is 29.0. The number of hydrogen-bond donors (Lipinski definition) is 1. The summed E-state index contributed by atoms with van der Waals surface area (Å²) >= 11 is 0. The van der Waals surface area contributed by atoms with Crippen LogP contribution in [0.3, 0.4) is 0 Å². The maximum absolute atomic E-state index is 13.8. The van der Waals surface area contributed by atoms with E-state index >= 15 is 0 Å². The Hall–Kier alpha value is -1.91. The van der Waals surface area contributed by atoms with Gasteiger partial charge in [0, 0.05) is 18.0 Å². The summed E-state index contributed by atoms with van der Waals surface area (Å²) in [6.45, 7) is 6.55. The van der Waals surface area contributed by atoms with Gasteiger partial charge in [-0.25, -0.2) is 13.8 Å². The van der Waals surface area contributed by atoms with E-state index in [1.807, 2.05) is 25.3 Å². The van der Waals surface area contributed by atoms with Crippen LogP contribution in [0.25, 0.3) is 11.3 Å². The summed E-state index contributed by atoms with van der Waals surface area (Å²) in [5.41, 5.74) is 6.43. The number of benzene rings is 1. The van der Waals surface area contributed by atoms with Crippen molar-refractivity contribution in [3.05, 3.63) is 35.7 Å². The smallest absolute Gasteiger partial charge is 0.168 e. The second kappa shape index (κ2) is 4.99. The van der Waals surface area contributed by atoms with Gasteiger partial charge in [0.15, 0.2) is 11.6 Å². The lowest BCUT2D eigenvalue weighted by atomic mass is 10.1. The Bertz CT molecular complexity index is 603. The van der Waals surface area contributed by atoms with Crippen molar-refractivity contribution < 1.29 is 8.78 Å². The maximum atomic E-state index is 13.8. The van der Waals surface area contributed by atoms with Crippen molar-refractivity contribution in [1.29, 1.82) is 0 Å². The summed E-state index contributed by atoms with van der Waals surface area (Å²) in [5, 5.41) is 0. The Balaban J connectivity index is 2.66. The number of halogens is 2. The fourth-order valence-electron chi connectivity index (χ4n) is 2.14. The molecule has 0 amide bonds. The summed E-state index contributed by atoms with van der Waals surface area (Å²) in [6.07, 6.45) is 0. The Kier molecular flexibility index (Phi) is 3.55. The van der Waals surface area contributed by atoms with Crippen LogP contribution in [0.4, 0.5) is 14.6 Å². The van der Waals surface area contributed by atoms with Crippen LogP contribution in [0.5, 0.6) is 0 Å². The highest BCUT2D eigenvalue weighted by atomic mass is 19.2. The molecule has 0 atom stereocenters. The van der Waals surface area contributed by atoms with Gasteiger partial charge in [-0.05, 0) is 19.1 Å². The first kappa shape index (κ1) is 13.5. The van der Waals surface area contributed by atoms with Crippen LogP contribution in [0.15, 0.2) is 18.2 Å². The normalized spacial score (nSPS) is 11.3. The van der Waals surface area contributed by atoms with E-state index in [9.17, 15) is 8.78 Å². The third kappa shape index (κ3) is 2.20. The van der Waals surface area contributed by atoms with E-state index < -0.39 is 11.6 Å². The van der Waals surface area contributed by atoms with E-state index in [2.05, 4.69) is 4.98 Å². The quantitative estimate of drug-likeness (QED) is 0.922. The van der Waals surface area contributed by atoms with Crippen LogP contribution in [-0.2, 0) is 6.54 Å². The molecule has 0 saturated heterocycles. The Morgan fingerprint density at radius 1 is 1.32 bits per heavy atom. The lowest BCUT2D eigenvalue weighted by molar-refractivity contribution is 0.511. The van der Waals surface area contributed by atoms with E-state index in [-0.39, 0.29) is 11.5 Å². The van der Waals surface area contributed by atoms with Crippen LogP contribution in [0.2, 0.25) is 0 Å². The Morgan fingerprint density at radius 2 is 2.00 bits per heavy atom. The first-order valence-electron chi connectivity index (χ1n) is 6.27. The first-order valence-corrected chi connectivity index (χ1v) is 6.27. The van der Waals surface area contributed by atoms with Gasteiger partial charge in [-0.1, -0.05) is 19.9 Å². The molecule has 0 bridgehead atoms. The first-order chi connectivity index (χ1) is 8.97. The van der Waals surface area contributed by atoms with Crippen molar-refractivity contribution >= 4 is 5.82 Å². The van der Waals surface area contributed by atoms with E-state index in [4.69, 9.17) is 5.73 Å². The molecule has 102 valence electrons. The van der Waals surface area contributed by atoms with Gasteiger partial charge >= 0.3 is 0 Å². The number of hydrogen-bond acceptors (Lipinski definition) is 2. The molecule has 5 heteroatoms. The predicted octanol–water partition coefficient (Wildman–Crippen LogP) is 3.55. The van der Waals surface area contributed by atoms with Crippen molar-refractivity contribution in [2.45, 2.75) is 33.2 Å². The molecule has 1 aromatic heterocycles. The average molecular weight is 265 g/mol. The van der Waals surface area contributed by atoms with E-state index in [0.717, 1.165) is 11.9 Å². The molecule has 2 rings (SSSR count). The van der Waals surface area contributed by atoms with Crippen LogP contribution in [0.1, 0.15) is 32.5 Å². The fraction of sp³-hybridized carbons (Fsp3) is 0.357. The number of imidazole rings is 1. The summed E-state index contributed by atoms with van der Waals surface area (Å²) in [5.74, 6) is -0.499. The molecule has 1 aromatic carbocycles. The Labute approximate surface area is 111 Å². The Morgan fingerprint density at radius 3 is 2.53 bits per heavy atom. The van der Waals surface area contributed by atoms with Crippen molar-refractivity contribution in [1.82, 2.24) is 9.55 Å². The molecule has 0 radical (unpaired) electrons. The minimum atomic E-state index is -0.912. The average Bonchev–Trinajstić information content (AvgIpc) is 2.70. The van der Waals surface area contributed by atoms with Gasteiger partial charge in [0.1, 0.15) is 17.3 Å². The topological polar surface area (TPSA) is 43.8 Å². The molecule has 0 fully saturated rings. The summed E-state index contributed by atoms with van der Waals surface area (Å²) in [7, 11) is 0. The highest BCUT2D eigenvalue weighted by molar-refractivity contribution is 5.71. The third-order valence-corrected chi connectivity index (χ3v) is 3.08. The fourth-order valence-corrected chi connectivity index (χ4v) is 2.14. The summed E-state index contributed by atoms with van der Waals surface area (Å²) in [6, 6.07) is 4.02. The predicted molar refractivity (Wildman–Crippen MR) is 71.8 cm³/mol. The lowest BCUT2D eigenvalue weighted by Crippen LogP contribution is -2.06. The second-order valence-corrected chi connectivity index (χ2v) is 4.70. The van der Waals surface area contributed by atoms with Gasteiger partial charge in [0.2, 0.25) is 0 Å². The van der Waals surface area contributed by atoms with Gasteiger partial charge in [0.25, 0.3) is 0 Å². The van der Waals surface area contributed by atoms with E-state index in [1.54, 1.807) is 0 Å². The second-order valence-electron chi connectivity index (χ2n) is 4.70. The monoisotopic (exact) mass is 265 g/mol. The van der Waals surface area contributed by atoms with Gasteiger partial charge < -0.3 is 10.3 Å². The lowest BCUT2D eigenvalue weighted by Gasteiger charge is -2.08. The molecule has 0 unspecified atom stereocenters. The molecular weight excluding hydrogens is 248 g/mol. The van der Waals surface area contributed by atoms with Crippen molar-refractivity contribution in [3.8, 4) is 11.3 Å². The van der Waals surface area contributed by atoms with Gasteiger partial charge in [-0.3, -0.25) is 0 Å². The zero-order valence-corrected chi connectivity index (χ0v) is 11.2. The standard InChI is InChI=1S/C14H17F2N3/c1-4-19-13(17)12(18-14(19)8(2)3)9-6-5-7-10(15)11(9)16/h5-8H,4,17H2,1-3H3. The largest absolute Gasteiger partial charge is 0.383 e. The molecule has 0 aliphatic heterocycles. The minimum absolute atomic E-state index is 0.103. The number of rotatable bonds is 3. The molecular formula is C14H17F2N3. The van der Waals surface area contributed by atoms with Gasteiger partial charge in [-0.2, -0.15) is 0 Å². The van der Waals surface area contributed by atoms with Crippen LogP contribution in [-0.4, -0.2) is 9.55 Å². The van der Waals surface area contributed by atoms with Crippen LogP contribution < -0.4 is 5.73 Å². The molecule has 19 heavy (non-hydrogen) atoms. The van der Waals surface area contributed by atoms with Gasteiger partial charge in [0.05, 0.1) is 0 Å². The molecule has 0 aliphatic rings. The molecule has 0 spiro atoms. The van der Waals surface area contributed by atoms with E-state index in [0.29, 0.717) is 18.1 Å². The number of anilines is 1. The molecule has 3 nitrogen and oxygen atoms in total. The number of aromatic nitrogens is 2. The molecule has 0 saturated carbocycles. The summed E-state index contributed by atoms with van der Waals surface area (Å²) in [4.78, 5) is 4.38. The molecule has 1 heterocycles. The minimum Gasteiger partial charge on any atom is -0.383 e. The third-order valence-electron chi connectivity index (χ3n) is 3.08.